The summed E-state index contributed by atoms with van der Waals surface area (Å²) in [7, 11) is -9.89. The first kappa shape index (κ1) is 84.1. The molecule has 17 nitrogen and oxygen atoms in total. The fourth-order valence-electron chi connectivity index (χ4n) is 10.1. The van der Waals surface area contributed by atoms with Crippen LogP contribution in [0, 0.1) is 11.8 Å². The maximum Gasteiger partial charge on any atom is 0.472 e. The molecule has 0 amide bonds. The van der Waals surface area contributed by atoms with Crippen LogP contribution in [0.3, 0.4) is 0 Å². The molecular formula is C67H130O17P2. The second kappa shape index (κ2) is 59.4. The van der Waals surface area contributed by atoms with Crippen molar-refractivity contribution >= 4 is 39.5 Å². The molecule has 0 aliphatic carbocycles. The van der Waals surface area contributed by atoms with Gasteiger partial charge in [0.05, 0.1) is 26.4 Å². The number of rotatable bonds is 66. The Hall–Kier alpha value is -1.94. The first-order valence-electron chi connectivity index (χ1n) is 35.0. The first-order chi connectivity index (χ1) is 41.4. The molecule has 510 valence electrons. The summed E-state index contributed by atoms with van der Waals surface area (Å²) in [6.45, 7) is 9.46. The third-order valence-electron chi connectivity index (χ3n) is 15.5. The Labute approximate surface area is 524 Å². The summed E-state index contributed by atoms with van der Waals surface area (Å²) in [6.07, 6.45) is 43.0. The molecule has 2 unspecified atom stereocenters. The summed E-state index contributed by atoms with van der Waals surface area (Å²) in [5.41, 5.74) is 0. The summed E-state index contributed by atoms with van der Waals surface area (Å²) >= 11 is 0. The molecule has 19 heteroatoms. The number of carbonyl (C=O) groups is 4. The molecule has 0 aliphatic rings. The van der Waals surface area contributed by atoms with Crippen molar-refractivity contribution in [2.24, 2.45) is 11.8 Å². The van der Waals surface area contributed by atoms with Crippen LogP contribution in [0.1, 0.15) is 337 Å². The number of unbranched alkanes of at least 4 members (excludes halogenated alkanes) is 36. The van der Waals surface area contributed by atoms with Crippen LogP contribution in [0.25, 0.3) is 0 Å². The van der Waals surface area contributed by atoms with E-state index in [1.807, 2.05) is 0 Å². The highest BCUT2D eigenvalue weighted by Crippen LogP contribution is 2.45. The number of phosphoric acid groups is 2. The number of hydrogen-bond acceptors (Lipinski definition) is 15. The lowest BCUT2D eigenvalue weighted by Crippen LogP contribution is -2.30. The summed E-state index contributed by atoms with van der Waals surface area (Å²) in [5, 5.41) is 10.6. The lowest BCUT2D eigenvalue weighted by molar-refractivity contribution is -0.161. The van der Waals surface area contributed by atoms with Gasteiger partial charge in [0, 0.05) is 25.7 Å². The van der Waals surface area contributed by atoms with Crippen molar-refractivity contribution in [1.29, 1.82) is 0 Å². The predicted octanol–water partition coefficient (Wildman–Crippen LogP) is 18.8. The van der Waals surface area contributed by atoms with Crippen molar-refractivity contribution in [3.05, 3.63) is 0 Å². The third-order valence-corrected chi connectivity index (χ3v) is 17.4. The Bertz CT molecular complexity index is 1680. The highest BCUT2D eigenvalue weighted by molar-refractivity contribution is 7.47. The Kier molecular flexibility index (Phi) is 58.0. The Morgan fingerprint density at radius 3 is 0.791 bits per heavy atom. The molecule has 0 fully saturated rings. The van der Waals surface area contributed by atoms with Gasteiger partial charge in [-0.15, -0.1) is 0 Å². The van der Waals surface area contributed by atoms with Gasteiger partial charge in [0.25, 0.3) is 0 Å². The first-order valence-corrected chi connectivity index (χ1v) is 38.0. The third kappa shape index (κ3) is 60.9. The van der Waals surface area contributed by atoms with E-state index in [9.17, 15) is 43.2 Å². The number of ether oxygens (including phenoxy) is 4. The molecule has 0 radical (unpaired) electrons. The van der Waals surface area contributed by atoms with Crippen LogP contribution in [0.2, 0.25) is 0 Å². The lowest BCUT2D eigenvalue weighted by atomic mass is 10.0. The molecule has 0 spiro atoms. The molecule has 0 saturated heterocycles. The topological polar surface area (TPSA) is 237 Å². The molecule has 0 aliphatic heterocycles. The van der Waals surface area contributed by atoms with Crippen LogP contribution in [0.4, 0.5) is 0 Å². The SMILES string of the molecule is CCCCCCCCCCCCCCCC(=O)OC[C@H](COP(=O)(O)OC[C@@H](O)COP(=O)(O)OC[C@@H](COC(=O)CCCCCCCCCCC)OC(=O)CCCCCCCCCCC(C)C)OC(=O)CCCCCCCCCCCCC(C)C. The average molecular weight is 1270 g/mol. The van der Waals surface area contributed by atoms with Crippen LogP contribution in [-0.4, -0.2) is 96.7 Å². The van der Waals surface area contributed by atoms with Crippen molar-refractivity contribution in [3.8, 4) is 0 Å². The van der Waals surface area contributed by atoms with Crippen LogP contribution in [-0.2, 0) is 65.4 Å². The average Bonchev–Trinajstić information content (AvgIpc) is 3.51. The second-order valence-electron chi connectivity index (χ2n) is 25.2. The van der Waals surface area contributed by atoms with Crippen LogP contribution >= 0.6 is 15.6 Å². The quantitative estimate of drug-likeness (QED) is 0.0222. The zero-order chi connectivity index (χ0) is 63.6. The van der Waals surface area contributed by atoms with Gasteiger partial charge in [0.2, 0.25) is 0 Å². The zero-order valence-corrected chi connectivity index (χ0v) is 57.4. The number of aliphatic hydroxyl groups is 1. The molecule has 0 aromatic heterocycles. The fraction of sp³-hybridized carbons (Fsp3) is 0.940. The molecule has 0 rings (SSSR count). The van der Waals surface area contributed by atoms with E-state index in [1.54, 1.807) is 0 Å². The maximum atomic E-state index is 13.0. The minimum Gasteiger partial charge on any atom is -0.462 e. The minimum absolute atomic E-state index is 0.104. The highest BCUT2D eigenvalue weighted by atomic mass is 31.2. The van der Waals surface area contributed by atoms with E-state index >= 15 is 0 Å². The zero-order valence-electron chi connectivity index (χ0n) is 55.6. The van der Waals surface area contributed by atoms with E-state index in [1.165, 1.54) is 154 Å². The Morgan fingerprint density at radius 2 is 0.535 bits per heavy atom. The number of hydrogen-bond donors (Lipinski definition) is 3. The predicted molar refractivity (Wildman–Crippen MR) is 345 cm³/mol. The summed E-state index contributed by atoms with van der Waals surface area (Å²) < 4.78 is 68.1. The smallest absolute Gasteiger partial charge is 0.462 e. The molecule has 0 heterocycles. The van der Waals surface area contributed by atoms with Gasteiger partial charge in [0.1, 0.15) is 19.3 Å². The molecular weight excluding hydrogens is 1140 g/mol. The fourth-order valence-corrected chi connectivity index (χ4v) is 11.6. The van der Waals surface area contributed by atoms with E-state index in [4.69, 9.17) is 37.0 Å². The van der Waals surface area contributed by atoms with E-state index < -0.39 is 97.5 Å². The van der Waals surface area contributed by atoms with Gasteiger partial charge in [-0.3, -0.25) is 37.3 Å². The van der Waals surface area contributed by atoms with Crippen LogP contribution in [0.15, 0.2) is 0 Å². The minimum atomic E-state index is -4.95. The number of phosphoric ester groups is 2. The molecule has 3 N–H and O–H groups in total. The summed E-state index contributed by atoms with van der Waals surface area (Å²) in [6, 6.07) is 0. The standard InChI is InChI=1S/C67H130O17P2/c1-7-9-11-13-15-17-18-19-20-25-32-38-44-50-65(70)78-56-62(83-66(71)51-45-39-33-26-22-21-24-29-35-41-47-59(3)4)57-81-85(73,74)79-53-61(68)54-80-86(75,76)82-58-63(55-77-64(69)49-43-37-31-23-16-14-12-10-8-2)84-67(72)52-46-40-34-28-27-30-36-42-48-60(5)6/h59-63,68H,7-58H2,1-6H3,(H,73,74)(H,75,76)/t61-,62-,63-/m1/s1. The van der Waals surface area contributed by atoms with Crippen molar-refractivity contribution in [2.45, 2.75) is 355 Å². The Balaban J connectivity index is 5.24. The van der Waals surface area contributed by atoms with E-state index in [0.717, 1.165) is 102 Å². The molecule has 0 aromatic rings. The van der Waals surface area contributed by atoms with Gasteiger partial charge in [-0.25, -0.2) is 9.13 Å². The van der Waals surface area contributed by atoms with Crippen molar-refractivity contribution in [1.82, 2.24) is 0 Å². The van der Waals surface area contributed by atoms with E-state index in [0.29, 0.717) is 25.7 Å². The van der Waals surface area contributed by atoms with Gasteiger partial charge in [-0.05, 0) is 37.5 Å². The van der Waals surface area contributed by atoms with Crippen LogP contribution < -0.4 is 0 Å². The lowest BCUT2D eigenvalue weighted by Gasteiger charge is -2.21. The maximum absolute atomic E-state index is 13.0. The van der Waals surface area contributed by atoms with Crippen molar-refractivity contribution < 1.29 is 80.2 Å². The normalized spacial score (nSPS) is 14.2. The van der Waals surface area contributed by atoms with Gasteiger partial charge in [-0.1, -0.05) is 286 Å². The van der Waals surface area contributed by atoms with Crippen molar-refractivity contribution in [3.63, 3.8) is 0 Å². The summed E-state index contributed by atoms with van der Waals surface area (Å²) in [4.78, 5) is 72.3. The number of esters is 4. The number of aliphatic hydroxyl groups excluding tert-OH is 1. The van der Waals surface area contributed by atoms with Gasteiger partial charge in [-0.2, -0.15) is 0 Å². The highest BCUT2D eigenvalue weighted by Gasteiger charge is 2.30. The largest absolute Gasteiger partial charge is 0.472 e. The van der Waals surface area contributed by atoms with Gasteiger partial charge in [0.15, 0.2) is 12.2 Å². The molecule has 0 saturated carbocycles. The monoisotopic (exact) mass is 1270 g/mol. The van der Waals surface area contributed by atoms with E-state index in [-0.39, 0.29) is 25.7 Å². The molecule has 5 atom stereocenters. The second-order valence-corrected chi connectivity index (χ2v) is 28.1. The summed E-state index contributed by atoms with van der Waals surface area (Å²) in [5.74, 6) is -0.660. The van der Waals surface area contributed by atoms with Gasteiger partial charge >= 0.3 is 39.5 Å². The molecule has 86 heavy (non-hydrogen) atoms. The Morgan fingerprint density at radius 1 is 0.314 bits per heavy atom. The van der Waals surface area contributed by atoms with Gasteiger partial charge < -0.3 is 33.8 Å². The molecule has 0 aromatic carbocycles. The van der Waals surface area contributed by atoms with Crippen LogP contribution in [0.5, 0.6) is 0 Å². The van der Waals surface area contributed by atoms with E-state index in [2.05, 4.69) is 41.5 Å². The number of carbonyl (C=O) groups excluding carboxylic acids is 4. The molecule has 0 bridgehead atoms. The van der Waals surface area contributed by atoms with Crippen molar-refractivity contribution in [2.75, 3.05) is 39.6 Å².